The molecule has 25 heavy (non-hydrogen) atoms. The first kappa shape index (κ1) is 15.5. The molecule has 1 aromatic carbocycles. The molecule has 0 radical (unpaired) electrons. The molecule has 3 aromatic rings. The van der Waals surface area contributed by atoms with Crippen molar-refractivity contribution in [2.45, 2.75) is 32.0 Å². The Morgan fingerprint density at radius 3 is 3.00 bits per heavy atom. The van der Waals surface area contributed by atoms with E-state index in [2.05, 4.69) is 10.3 Å². The van der Waals surface area contributed by atoms with E-state index >= 15 is 0 Å². The first-order valence-corrected chi connectivity index (χ1v) is 8.37. The van der Waals surface area contributed by atoms with E-state index in [0.717, 1.165) is 16.5 Å². The maximum atomic E-state index is 12.5. The molecule has 1 saturated heterocycles. The summed E-state index contributed by atoms with van der Waals surface area (Å²) < 4.78 is 5.23. The second kappa shape index (κ2) is 6.47. The standard InChI is InChI=1S/C19H19N3O3/c23-18-8-7-17(19(24)21-11-14-4-3-9-25-14)22(18)12-13-10-20-16-6-2-1-5-15(13)16/h1-6,9-10,17,20H,7-8,11-12H2,(H,21,24)/t17-/m1/s1. The topological polar surface area (TPSA) is 78.3 Å². The highest BCUT2D eigenvalue weighted by Gasteiger charge is 2.36. The molecule has 2 N–H and O–H groups in total. The number of rotatable bonds is 5. The van der Waals surface area contributed by atoms with Crippen LogP contribution in [-0.2, 0) is 22.7 Å². The highest BCUT2D eigenvalue weighted by Crippen LogP contribution is 2.25. The molecule has 3 heterocycles. The van der Waals surface area contributed by atoms with E-state index in [-0.39, 0.29) is 11.8 Å². The normalized spacial score (nSPS) is 17.4. The van der Waals surface area contributed by atoms with Gasteiger partial charge in [0.1, 0.15) is 11.8 Å². The summed E-state index contributed by atoms with van der Waals surface area (Å²) >= 11 is 0. The Morgan fingerprint density at radius 2 is 2.16 bits per heavy atom. The first-order valence-electron chi connectivity index (χ1n) is 8.37. The van der Waals surface area contributed by atoms with Crippen LogP contribution in [0.15, 0.2) is 53.3 Å². The fourth-order valence-corrected chi connectivity index (χ4v) is 3.36. The van der Waals surface area contributed by atoms with Gasteiger partial charge in [-0.15, -0.1) is 0 Å². The minimum absolute atomic E-state index is 0.0171. The van der Waals surface area contributed by atoms with E-state index in [1.54, 1.807) is 17.2 Å². The number of amides is 2. The van der Waals surface area contributed by atoms with Gasteiger partial charge < -0.3 is 19.6 Å². The smallest absolute Gasteiger partial charge is 0.243 e. The average molecular weight is 337 g/mol. The Hall–Kier alpha value is -3.02. The molecule has 6 heteroatoms. The lowest BCUT2D eigenvalue weighted by atomic mass is 10.1. The van der Waals surface area contributed by atoms with E-state index in [0.29, 0.717) is 31.7 Å². The van der Waals surface area contributed by atoms with Crippen molar-refractivity contribution in [3.05, 3.63) is 60.2 Å². The summed E-state index contributed by atoms with van der Waals surface area (Å²) in [5.74, 6) is 0.575. The number of carbonyl (C=O) groups is 2. The number of nitrogens with one attached hydrogen (secondary N) is 2. The van der Waals surface area contributed by atoms with Crippen molar-refractivity contribution >= 4 is 22.7 Å². The number of carbonyl (C=O) groups excluding carboxylic acids is 2. The SMILES string of the molecule is O=C(NCc1ccco1)[C@H]1CCC(=O)N1Cc1c[nH]c2ccccc12. The molecule has 4 rings (SSSR count). The quantitative estimate of drug-likeness (QED) is 0.751. The zero-order chi connectivity index (χ0) is 17.2. The van der Waals surface area contributed by atoms with Crippen molar-refractivity contribution in [1.29, 1.82) is 0 Å². The van der Waals surface area contributed by atoms with E-state index in [1.807, 2.05) is 36.5 Å². The molecular formula is C19H19N3O3. The van der Waals surface area contributed by atoms with Crippen LogP contribution in [0.4, 0.5) is 0 Å². The molecule has 0 aliphatic carbocycles. The van der Waals surface area contributed by atoms with Crippen LogP contribution in [0.3, 0.4) is 0 Å². The van der Waals surface area contributed by atoms with E-state index in [1.165, 1.54) is 0 Å². The maximum Gasteiger partial charge on any atom is 0.243 e. The van der Waals surface area contributed by atoms with Crippen molar-refractivity contribution in [3.8, 4) is 0 Å². The molecule has 128 valence electrons. The number of para-hydroxylation sites is 1. The largest absolute Gasteiger partial charge is 0.467 e. The summed E-state index contributed by atoms with van der Waals surface area (Å²) in [6, 6.07) is 11.1. The van der Waals surface area contributed by atoms with Crippen LogP contribution in [0.5, 0.6) is 0 Å². The predicted molar refractivity (Wildman–Crippen MR) is 92.4 cm³/mol. The first-order chi connectivity index (χ1) is 12.2. The highest BCUT2D eigenvalue weighted by molar-refractivity contribution is 5.91. The summed E-state index contributed by atoms with van der Waals surface area (Å²) in [7, 11) is 0. The molecular weight excluding hydrogens is 318 g/mol. The van der Waals surface area contributed by atoms with Gasteiger partial charge in [0.25, 0.3) is 0 Å². The van der Waals surface area contributed by atoms with Gasteiger partial charge in [-0.2, -0.15) is 0 Å². The Labute approximate surface area is 144 Å². The predicted octanol–water partition coefficient (Wildman–Crippen LogP) is 2.57. The second-order valence-corrected chi connectivity index (χ2v) is 6.23. The lowest BCUT2D eigenvalue weighted by Crippen LogP contribution is -2.44. The Morgan fingerprint density at radius 1 is 1.28 bits per heavy atom. The third kappa shape index (κ3) is 3.03. The van der Waals surface area contributed by atoms with Gasteiger partial charge >= 0.3 is 0 Å². The van der Waals surface area contributed by atoms with Crippen LogP contribution in [0.25, 0.3) is 10.9 Å². The molecule has 0 bridgehead atoms. The van der Waals surface area contributed by atoms with Gasteiger partial charge in [0.15, 0.2) is 0 Å². The van der Waals surface area contributed by atoms with Crippen LogP contribution in [0.2, 0.25) is 0 Å². The van der Waals surface area contributed by atoms with E-state index in [4.69, 9.17) is 4.42 Å². The Kier molecular flexibility index (Phi) is 4.01. The number of H-pyrrole nitrogens is 1. The molecule has 2 aromatic heterocycles. The Balaban J connectivity index is 1.48. The summed E-state index contributed by atoms with van der Waals surface area (Å²) in [6.45, 7) is 0.763. The third-order valence-corrected chi connectivity index (χ3v) is 4.66. The number of aromatic amines is 1. The molecule has 0 spiro atoms. The van der Waals surface area contributed by atoms with Crippen LogP contribution in [-0.4, -0.2) is 27.7 Å². The Bertz CT molecular complexity index is 898. The number of nitrogens with zero attached hydrogens (tertiary/aromatic N) is 1. The number of aromatic nitrogens is 1. The molecule has 1 aliphatic rings. The van der Waals surface area contributed by atoms with Crippen LogP contribution in [0, 0.1) is 0 Å². The van der Waals surface area contributed by atoms with Crippen molar-refractivity contribution in [2.24, 2.45) is 0 Å². The molecule has 1 fully saturated rings. The van der Waals surface area contributed by atoms with Gasteiger partial charge in [-0.05, 0) is 30.2 Å². The van der Waals surface area contributed by atoms with Crippen LogP contribution in [0.1, 0.15) is 24.2 Å². The molecule has 0 unspecified atom stereocenters. The summed E-state index contributed by atoms with van der Waals surface area (Å²) in [5.41, 5.74) is 2.05. The van der Waals surface area contributed by atoms with Gasteiger partial charge in [0.2, 0.25) is 11.8 Å². The molecule has 6 nitrogen and oxygen atoms in total. The van der Waals surface area contributed by atoms with E-state index < -0.39 is 6.04 Å². The van der Waals surface area contributed by atoms with Gasteiger partial charge in [-0.1, -0.05) is 18.2 Å². The fourth-order valence-electron chi connectivity index (χ4n) is 3.36. The highest BCUT2D eigenvalue weighted by atomic mass is 16.3. The summed E-state index contributed by atoms with van der Waals surface area (Å²) in [6.07, 6.45) is 4.43. The van der Waals surface area contributed by atoms with Gasteiger partial charge in [-0.3, -0.25) is 9.59 Å². The van der Waals surface area contributed by atoms with Crippen molar-refractivity contribution in [3.63, 3.8) is 0 Å². The minimum atomic E-state index is -0.434. The van der Waals surface area contributed by atoms with E-state index in [9.17, 15) is 9.59 Å². The molecule has 1 atom stereocenters. The van der Waals surface area contributed by atoms with Gasteiger partial charge in [0.05, 0.1) is 12.8 Å². The van der Waals surface area contributed by atoms with Crippen molar-refractivity contribution in [1.82, 2.24) is 15.2 Å². The third-order valence-electron chi connectivity index (χ3n) is 4.66. The number of fused-ring (bicyclic) bond motifs is 1. The second-order valence-electron chi connectivity index (χ2n) is 6.23. The zero-order valence-corrected chi connectivity index (χ0v) is 13.7. The number of furan rings is 1. The van der Waals surface area contributed by atoms with Gasteiger partial charge in [-0.25, -0.2) is 0 Å². The number of hydrogen-bond donors (Lipinski definition) is 2. The molecule has 2 amide bonds. The lowest BCUT2D eigenvalue weighted by Gasteiger charge is -2.23. The molecule has 1 aliphatic heterocycles. The van der Waals surface area contributed by atoms with Crippen molar-refractivity contribution in [2.75, 3.05) is 0 Å². The monoisotopic (exact) mass is 337 g/mol. The summed E-state index contributed by atoms with van der Waals surface area (Å²) in [4.78, 5) is 29.7. The maximum absolute atomic E-state index is 12.5. The number of hydrogen-bond acceptors (Lipinski definition) is 3. The zero-order valence-electron chi connectivity index (χ0n) is 13.7. The van der Waals surface area contributed by atoms with Crippen LogP contribution >= 0.6 is 0 Å². The lowest BCUT2D eigenvalue weighted by molar-refractivity contribution is -0.135. The fraction of sp³-hybridized carbons (Fsp3) is 0.263. The van der Waals surface area contributed by atoms with Gasteiger partial charge in [0, 0.05) is 30.1 Å². The summed E-state index contributed by atoms with van der Waals surface area (Å²) in [5, 5.41) is 3.94. The molecule has 0 saturated carbocycles. The van der Waals surface area contributed by atoms with Crippen molar-refractivity contribution < 1.29 is 14.0 Å². The number of benzene rings is 1. The average Bonchev–Trinajstić information content (AvgIpc) is 3.35. The number of likely N-dealkylation sites (tertiary alicyclic amines) is 1. The minimum Gasteiger partial charge on any atom is -0.467 e. The van der Waals surface area contributed by atoms with Crippen LogP contribution < -0.4 is 5.32 Å².